The molecule has 1 saturated heterocycles. The Morgan fingerprint density at radius 1 is 0.871 bits per heavy atom. The average molecular weight is 418 g/mol. The zero-order valence-corrected chi connectivity index (χ0v) is 17.8. The maximum Gasteiger partial charge on any atom is 0.251 e. The molecular formula is C26H29N2O3+. The first kappa shape index (κ1) is 21.1. The van der Waals surface area contributed by atoms with Gasteiger partial charge < -0.3 is 19.7 Å². The normalized spacial score (nSPS) is 16.3. The Kier molecular flexibility index (Phi) is 6.97. The van der Waals surface area contributed by atoms with Crippen LogP contribution in [0.2, 0.25) is 0 Å². The Bertz CT molecular complexity index is 955. The van der Waals surface area contributed by atoms with E-state index in [9.17, 15) is 4.79 Å². The van der Waals surface area contributed by atoms with Crippen molar-refractivity contribution < 1.29 is 19.2 Å². The van der Waals surface area contributed by atoms with Crippen LogP contribution in [0, 0.1) is 0 Å². The van der Waals surface area contributed by atoms with E-state index in [2.05, 4.69) is 36.5 Å². The molecule has 0 bridgehead atoms. The minimum atomic E-state index is -0.0765. The summed E-state index contributed by atoms with van der Waals surface area (Å²) in [5, 5.41) is 3.22. The smallest absolute Gasteiger partial charge is 0.251 e. The van der Waals surface area contributed by atoms with E-state index in [-0.39, 0.29) is 18.0 Å². The SMILES string of the molecule is C[C@@H](NC(=O)c1ccc(Oc2ccccc2)cc1)[C@H](c1ccccc1)[NH+]1CCOCC1. The van der Waals surface area contributed by atoms with E-state index in [0.717, 1.165) is 32.1 Å². The van der Waals surface area contributed by atoms with Crippen LogP contribution in [-0.2, 0) is 4.74 Å². The molecule has 1 aliphatic heterocycles. The molecule has 0 saturated carbocycles. The van der Waals surface area contributed by atoms with Crippen LogP contribution < -0.4 is 15.0 Å². The fraction of sp³-hybridized carbons (Fsp3) is 0.269. The zero-order chi connectivity index (χ0) is 21.5. The highest BCUT2D eigenvalue weighted by Crippen LogP contribution is 2.21. The van der Waals surface area contributed by atoms with Crippen molar-refractivity contribution in [2.45, 2.75) is 19.0 Å². The summed E-state index contributed by atoms with van der Waals surface area (Å²) in [5.74, 6) is 1.40. The fourth-order valence-electron chi connectivity index (χ4n) is 4.16. The van der Waals surface area contributed by atoms with Crippen LogP contribution in [0.5, 0.6) is 11.5 Å². The quantitative estimate of drug-likeness (QED) is 0.621. The first-order chi connectivity index (χ1) is 15.2. The minimum absolute atomic E-state index is 0.0248. The average Bonchev–Trinajstić information content (AvgIpc) is 2.82. The van der Waals surface area contributed by atoms with Gasteiger partial charge in [0.05, 0.1) is 19.3 Å². The number of ether oxygens (including phenoxy) is 2. The highest BCUT2D eigenvalue weighted by Gasteiger charge is 2.32. The summed E-state index contributed by atoms with van der Waals surface area (Å²) in [6, 6.07) is 27.5. The van der Waals surface area contributed by atoms with Crippen molar-refractivity contribution in [2.24, 2.45) is 0 Å². The number of carbonyl (C=O) groups excluding carboxylic acids is 1. The minimum Gasteiger partial charge on any atom is -0.457 e. The van der Waals surface area contributed by atoms with Gasteiger partial charge in [0.2, 0.25) is 0 Å². The number of hydrogen-bond donors (Lipinski definition) is 2. The number of nitrogens with one attached hydrogen (secondary N) is 2. The van der Waals surface area contributed by atoms with Crippen molar-refractivity contribution in [3.05, 3.63) is 96.1 Å². The maximum atomic E-state index is 13.0. The first-order valence-corrected chi connectivity index (χ1v) is 10.8. The van der Waals surface area contributed by atoms with E-state index in [1.165, 1.54) is 10.5 Å². The molecule has 5 nitrogen and oxygen atoms in total. The van der Waals surface area contributed by atoms with Crippen LogP contribution in [0.4, 0.5) is 0 Å². The number of carbonyl (C=O) groups is 1. The lowest BCUT2D eigenvalue weighted by molar-refractivity contribution is -0.940. The van der Waals surface area contributed by atoms with Crippen LogP contribution in [0.3, 0.4) is 0 Å². The second-order valence-electron chi connectivity index (χ2n) is 7.86. The third-order valence-corrected chi connectivity index (χ3v) is 5.69. The Balaban J connectivity index is 1.44. The maximum absolute atomic E-state index is 13.0. The van der Waals surface area contributed by atoms with Gasteiger partial charge in [0.25, 0.3) is 5.91 Å². The number of morpholine rings is 1. The monoisotopic (exact) mass is 417 g/mol. The Labute approximate surface area is 183 Å². The van der Waals surface area contributed by atoms with Crippen molar-refractivity contribution in [2.75, 3.05) is 26.3 Å². The topological polar surface area (TPSA) is 52.0 Å². The van der Waals surface area contributed by atoms with Crippen molar-refractivity contribution in [1.82, 2.24) is 5.32 Å². The molecule has 1 aliphatic rings. The molecule has 3 aromatic rings. The van der Waals surface area contributed by atoms with E-state index in [1.54, 1.807) is 12.1 Å². The molecule has 0 radical (unpaired) electrons. The van der Waals surface area contributed by atoms with Gasteiger partial charge in [-0.05, 0) is 43.3 Å². The van der Waals surface area contributed by atoms with Gasteiger partial charge in [0.15, 0.2) is 0 Å². The Morgan fingerprint density at radius 2 is 1.45 bits per heavy atom. The fourth-order valence-corrected chi connectivity index (χ4v) is 4.16. The summed E-state index contributed by atoms with van der Waals surface area (Å²) < 4.78 is 11.4. The molecule has 160 valence electrons. The molecule has 0 aromatic heterocycles. The largest absolute Gasteiger partial charge is 0.457 e. The molecule has 2 atom stereocenters. The van der Waals surface area contributed by atoms with Gasteiger partial charge in [-0.2, -0.15) is 0 Å². The van der Waals surface area contributed by atoms with Gasteiger partial charge >= 0.3 is 0 Å². The van der Waals surface area contributed by atoms with Crippen molar-refractivity contribution in [3.8, 4) is 11.5 Å². The van der Waals surface area contributed by atoms with Crippen LogP contribution in [0.15, 0.2) is 84.9 Å². The lowest BCUT2D eigenvalue weighted by atomic mass is 9.97. The van der Waals surface area contributed by atoms with Crippen molar-refractivity contribution >= 4 is 5.91 Å². The molecule has 1 amide bonds. The summed E-state index contributed by atoms with van der Waals surface area (Å²) in [5.41, 5.74) is 1.86. The van der Waals surface area contributed by atoms with E-state index in [4.69, 9.17) is 9.47 Å². The van der Waals surface area contributed by atoms with E-state index in [1.807, 2.05) is 48.5 Å². The van der Waals surface area contributed by atoms with Gasteiger partial charge in [-0.3, -0.25) is 4.79 Å². The molecule has 4 rings (SSSR count). The molecule has 1 fully saturated rings. The lowest BCUT2D eigenvalue weighted by Crippen LogP contribution is -3.15. The molecule has 3 aromatic carbocycles. The van der Waals surface area contributed by atoms with E-state index >= 15 is 0 Å². The summed E-state index contributed by atoms with van der Waals surface area (Å²) in [7, 11) is 0. The third kappa shape index (κ3) is 5.51. The van der Waals surface area contributed by atoms with Crippen LogP contribution in [0.25, 0.3) is 0 Å². The highest BCUT2D eigenvalue weighted by molar-refractivity contribution is 5.94. The zero-order valence-electron chi connectivity index (χ0n) is 17.8. The second-order valence-corrected chi connectivity index (χ2v) is 7.86. The summed E-state index contributed by atoms with van der Waals surface area (Å²) in [4.78, 5) is 14.4. The molecule has 2 N–H and O–H groups in total. The summed E-state index contributed by atoms with van der Waals surface area (Å²) in [6.07, 6.45) is 0. The predicted molar refractivity (Wildman–Crippen MR) is 121 cm³/mol. The molecule has 0 unspecified atom stereocenters. The molecule has 5 heteroatoms. The number of hydrogen-bond acceptors (Lipinski definition) is 3. The van der Waals surface area contributed by atoms with Gasteiger partial charge in [-0.25, -0.2) is 0 Å². The third-order valence-electron chi connectivity index (χ3n) is 5.69. The van der Waals surface area contributed by atoms with Crippen molar-refractivity contribution in [3.63, 3.8) is 0 Å². The number of benzene rings is 3. The van der Waals surface area contributed by atoms with E-state index < -0.39 is 0 Å². The second kappa shape index (κ2) is 10.2. The molecule has 31 heavy (non-hydrogen) atoms. The van der Waals surface area contributed by atoms with Crippen molar-refractivity contribution in [1.29, 1.82) is 0 Å². The van der Waals surface area contributed by atoms with Crippen LogP contribution >= 0.6 is 0 Å². The first-order valence-electron chi connectivity index (χ1n) is 10.8. The van der Waals surface area contributed by atoms with Gasteiger partial charge in [0, 0.05) is 11.1 Å². The Hall–Kier alpha value is -3.15. The highest BCUT2D eigenvalue weighted by atomic mass is 16.5. The van der Waals surface area contributed by atoms with Gasteiger partial charge in [-0.1, -0.05) is 48.5 Å². The number of rotatable bonds is 7. The van der Waals surface area contributed by atoms with Crippen LogP contribution in [0.1, 0.15) is 28.9 Å². The number of amides is 1. The molecular weight excluding hydrogens is 388 g/mol. The van der Waals surface area contributed by atoms with E-state index in [0.29, 0.717) is 11.3 Å². The summed E-state index contributed by atoms with van der Waals surface area (Å²) >= 11 is 0. The standard InChI is InChI=1S/C26H28N2O3/c1-20(25(21-8-4-2-5-9-21)28-16-18-30-19-17-28)27-26(29)22-12-14-24(15-13-22)31-23-10-6-3-7-11-23/h2-15,20,25H,16-19H2,1H3,(H,27,29)/p+1/t20-,25-/m1/s1. The molecule has 0 aliphatic carbocycles. The predicted octanol–water partition coefficient (Wildman–Crippen LogP) is 3.25. The summed E-state index contributed by atoms with van der Waals surface area (Å²) in [6.45, 7) is 5.46. The Morgan fingerprint density at radius 3 is 2.10 bits per heavy atom. The number of para-hydroxylation sites is 1. The van der Waals surface area contributed by atoms with Crippen LogP contribution in [-0.4, -0.2) is 38.3 Å². The van der Waals surface area contributed by atoms with Gasteiger partial charge in [-0.15, -0.1) is 0 Å². The lowest BCUT2D eigenvalue weighted by Gasteiger charge is -2.35. The number of quaternary nitrogens is 1. The molecule has 1 heterocycles. The van der Waals surface area contributed by atoms with Gasteiger partial charge in [0.1, 0.15) is 30.6 Å². The molecule has 0 spiro atoms.